The molecule has 2 fully saturated rings. The van der Waals surface area contributed by atoms with Gasteiger partial charge >= 0.3 is 5.97 Å². The minimum atomic E-state index is -0.257. The Morgan fingerprint density at radius 1 is 1.38 bits per heavy atom. The van der Waals surface area contributed by atoms with Crippen molar-refractivity contribution in [3.05, 3.63) is 0 Å². The highest BCUT2D eigenvalue weighted by molar-refractivity contribution is 5.71. The third-order valence-corrected chi connectivity index (χ3v) is 3.67. The topological polar surface area (TPSA) is 61.6 Å². The number of hydrogen-bond donors (Lipinski definition) is 1. The number of carbonyl (C=O) groups excluding carboxylic acids is 1. The van der Waals surface area contributed by atoms with Crippen LogP contribution < -0.4 is 5.73 Å². The number of carbonyl (C=O) groups is 1. The minimum Gasteiger partial charge on any atom is -0.465 e. The van der Waals surface area contributed by atoms with Crippen molar-refractivity contribution in [2.24, 2.45) is 11.7 Å². The first-order valence-corrected chi connectivity index (χ1v) is 6.20. The first kappa shape index (κ1) is 11.9. The Labute approximate surface area is 96.5 Å². The van der Waals surface area contributed by atoms with Crippen molar-refractivity contribution in [3.8, 4) is 0 Å². The summed E-state index contributed by atoms with van der Waals surface area (Å²) in [4.78, 5) is 11.6. The number of esters is 1. The standard InChI is InChI=1S/C12H21NO3/c13-12(4-1-5-12)8-11(14)16-9-10-2-6-15-7-3-10/h10H,1-9,13H2. The molecular weight excluding hydrogens is 206 g/mol. The van der Waals surface area contributed by atoms with Gasteiger partial charge in [-0.1, -0.05) is 0 Å². The van der Waals surface area contributed by atoms with Crippen LogP contribution in [0.1, 0.15) is 38.5 Å². The third-order valence-electron chi connectivity index (χ3n) is 3.67. The summed E-state index contributed by atoms with van der Waals surface area (Å²) in [5.74, 6) is 0.349. The molecule has 16 heavy (non-hydrogen) atoms. The molecule has 1 saturated carbocycles. The number of hydrogen-bond acceptors (Lipinski definition) is 4. The molecule has 2 rings (SSSR count). The van der Waals surface area contributed by atoms with Crippen LogP contribution in [0, 0.1) is 5.92 Å². The molecule has 1 heterocycles. The molecule has 92 valence electrons. The molecule has 1 saturated heterocycles. The SMILES string of the molecule is NC1(CC(=O)OCC2CCOCC2)CCC1. The minimum absolute atomic E-state index is 0.131. The molecule has 0 atom stereocenters. The van der Waals surface area contributed by atoms with Crippen LogP contribution in [0.2, 0.25) is 0 Å². The van der Waals surface area contributed by atoms with E-state index in [1.807, 2.05) is 0 Å². The van der Waals surface area contributed by atoms with Gasteiger partial charge in [-0.2, -0.15) is 0 Å². The molecule has 0 radical (unpaired) electrons. The molecule has 0 unspecified atom stereocenters. The van der Waals surface area contributed by atoms with E-state index in [-0.39, 0.29) is 11.5 Å². The van der Waals surface area contributed by atoms with Gasteiger partial charge in [0.1, 0.15) is 0 Å². The van der Waals surface area contributed by atoms with E-state index >= 15 is 0 Å². The lowest BCUT2D eigenvalue weighted by Gasteiger charge is -2.37. The monoisotopic (exact) mass is 227 g/mol. The molecule has 0 aromatic heterocycles. The van der Waals surface area contributed by atoms with Crippen LogP contribution in [0.4, 0.5) is 0 Å². The van der Waals surface area contributed by atoms with Gasteiger partial charge in [-0.15, -0.1) is 0 Å². The summed E-state index contributed by atoms with van der Waals surface area (Å²) >= 11 is 0. The molecule has 0 spiro atoms. The van der Waals surface area contributed by atoms with Crippen LogP contribution in [0.5, 0.6) is 0 Å². The van der Waals surface area contributed by atoms with Gasteiger partial charge in [0.05, 0.1) is 13.0 Å². The van der Waals surface area contributed by atoms with E-state index in [0.717, 1.165) is 45.3 Å². The van der Waals surface area contributed by atoms with Crippen LogP contribution in [0.3, 0.4) is 0 Å². The normalized spacial score (nSPS) is 24.8. The summed E-state index contributed by atoms with van der Waals surface area (Å²) in [6.07, 6.45) is 5.45. The zero-order chi connectivity index (χ0) is 11.4. The number of nitrogens with two attached hydrogens (primary N) is 1. The summed E-state index contributed by atoms with van der Waals surface area (Å²) in [6, 6.07) is 0. The van der Waals surface area contributed by atoms with E-state index < -0.39 is 0 Å². The fourth-order valence-corrected chi connectivity index (χ4v) is 2.27. The Bertz CT molecular complexity index is 245. The Hall–Kier alpha value is -0.610. The second-order valence-electron chi connectivity index (χ2n) is 5.13. The van der Waals surface area contributed by atoms with E-state index in [4.69, 9.17) is 15.2 Å². The Morgan fingerprint density at radius 2 is 2.06 bits per heavy atom. The predicted octanol–water partition coefficient (Wildman–Crippen LogP) is 1.23. The average Bonchev–Trinajstić information content (AvgIpc) is 2.26. The fraction of sp³-hybridized carbons (Fsp3) is 0.917. The smallest absolute Gasteiger partial charge is 0.307 e. The van der Waals surface area contributed by atoms with Crippen molar-refractivity contribution >= 4 is 5.97 Å². The highest BCUT2D eigenvalue weighted by Gasteiger charge is 2.35. The summed E-state index contributed by atoms with van der Waals surface area (Å²) in [5.41, 5.74) is 5.73. The van der Waals surface area contributed by atoms with Crippen LogP contribution in [-0.4, -0.2) is 31.3 Å². The molecule has 4 heteroatoms. The second kappa shape index (κ2) is 5.15. The fourth-order valence-electron chi connectivity index (χ4n) is 2.27. The van der Waals surface area contributed by atoms with Crippen molar-refractivity contribution in [3.63, 3.8) is 0 Å². The highest BCUT2D eigenvalue weighted by atomic mass is 16.5. The first-order chi connectivity index (χ1) is 7.68. The van der Waals surface area contributed by atoms with Crippen molar-refractivity contribution in [2.45, 2.75) is 44.1 Å². The lowest BCUT2D eigenvalue weighted by Crippen LogP contribution is -2.48. The molecule has 2 N–H and O–H groups in total. The van der Waals surface area contributed by atoms with E-state index in [0.29, 0.717) is 18.9 Å². The van der Waals surface area contributed by atoms with Gasteiger partial charge < -0.3 is 15.2 Å². The summed E-state index contributed by atoms with van der Waals surface area (Å²) in [7, 11) is 0. The van der Waals surface area contributed by atoms with Crippen molar-refractivity contribution < 1.29 is 14.3 Å². The van der Waals surface area contributed by atoms with Crippen LogP contribution in [0.25, 0.3) is 0 Å². The molecule has 1 aliphatic carbocycles. The Morgan fingerprint density at radius 3 is 2.62 bits per heavy atom. The molecule has 0 aromatic carbocycles. The van der Waals surface area contributed by atoms with Crippen molar-refractivity contribution in [1.29, 1.82) is 0 Å². The van der Waals surface area contributed by atoms with Crippen LogP contribution in [-0.2, 0) is 14.3 Å². The van der Waals surface area contributed by atoms with Gasteiger partial charge in [-0.05, 0) is 38.0 Å². The number of ether oxygens (including phenoxy) is 2. The van der Waals surface area contributed by atoms with E-state index in [1.165, 1.54) is 0 Å². The van der Waals surface area contributed by atoms with E-state index in [2.05, 4.69) is 0 Å². The van der Waals surface area contributed by atoms with Gasteiger partial charge in [0.2, 0.25) is 0 Å². The van der Waals surface area contributed by atoms with E-state index in [9.17, 15) is 4.79 Å². The van der Waals surface area contributed by atoms with Crippen molar-refractivity contribution in [1.82, 2.24) is 0 Å². The highest BCUT2D eigenvalue weighted by Crippen LogP contribution is 2.32. The lowest BCUT2D eigenvalue weighted by molar-refractivity contribution is -0.148. The van der Waals surface area contributed by atoms with Crippen molar-refractivity contribution in [2.75, 3.05) is 19.8 Å². The summed E-state index contributed by atoms with van der Waals surface area (Å²) < 4.78 is 10.5. The molecule has 1 aliphatic heterocycles. The lowest BCUT2D eigenvalue weighted by atomic mass is 9.75. The summed E-state index contributed by atoms with van der Waals surface area (Å²) in [5, 5.41) is 0. The first-order valence-electron chi connectivity index (χ1n) is 6.20. The maximum Gasteiger partial charge on any atom is 0.307 e. The van der Waals surface area contributed by atoms with Gasteiger partial charge in [0, 0.05) is 18.8 Å². The molecule has 2 aliphatic rings. The third kappa shape index (κ3) is 3.19. The van der Waals surface area contributed by atoms with Crippen LogP contribution in [0.15, 0.2) is 0 Å². The molecule has 0 aromatic rings. The second-order valence-corrected chi connectivity index (χ2v) is 5.13. The Kier molecular flexibility index (Phi) is 3.82. The molecular formula is C12H21NO3. The number of rotatable bonds is 4. The predicted molar refractivity (Wildman–Crippen MR) is 59.9 cm³/mol. The zero-order valence-electron chi connectivity index (χ0n) is 9.74. The van der Waals surface area contributed by atoms with Gasteiger partial charge in [-0.3, -0.25) is 4.79 Å². The van der Waals surface area contributed by atoms with Gasteiger partial charge in [0.15, 0.2) is 0 Å². The molecule has 0 amide bonds. The van der Waals surface area contributed by atoms with Gasteiger partial charge in [0.25, 0.3) is 0 Å². The van der Waals surface area contributed by atoms with Crippen LogP contribution >= 0.6 is 0 Å². The summed E-state index contributed by atoms with van der Waals surface area (Å²) in [6.45, 7) is 2.13. The Balaban J connectivity index is 1.63. The largest absolute Gasteiger partial charge is 0.465 e. The maximum atomic E-state index is 11.6. The quantitative estimate of drug-likeness (QED) is 0.734. The zero-order valence-corrected chi connectivity index (χ0v) is 9.74. The molecule has 4 nitrogen and oxygen atoms in total. The average molecular weight is 227 g/mol. The van der Waals surface area contributed by atoms with E-state index in [1.54, 1.807) is 0 Å². The van der Waals surface area contributed by atoms with Gasteiger partial charge in [-0.25, -0.2) is 0 Å². The maximum absolute atomic E-state index is 11.6. The molecule has 0 bridgehead atoms.